The molecule has 0 aromatic heterocycles. The van der Waals surface area contributed by atoms with Crippen LogP contribution in [0.15, 0.2) is 0 Å². The molecule has 2 rings (SSSR count). The molecule has 0 bridgehead atoms. The van der Waals surface area contributed by atoms with Crippen molar-refractivity contribution in [3.05, 3.63) is 0 Å². The molecule has 0 radical (unpaired) electrons. The van der Waals surface area contributed by atoms with Crippen molar-refractivity contribution in [2.24, 2.45) is 5.92 Å². The second-order valence-electron chi connectivity index (χ2n) is 6.20. The second kappa shape index (κ2) is 5.68. The summed E-state index contributed by atoms with van der Waals surface area (Å²) in [6.45, 7) is 11.1. The molecule has 2 heterocycles. The van der Waals surface area contributed by atoms with Crippen molar-refractivity contribution < 1.29 is 0 Å². The van der Waals surface area contributed by atoms with Crippen LogP contribution in [0.1, 0.15) is 26.7 Å². The number of likely N-dealkylation sites (N-methyl/N-ethyl adjacent to an activating group) is 1. The number of likely N-dealkylation sites (tertiary alicyclic amines) is 1. The van der Waals surface area contributed by atoms with Crippen molar-refractivity contribution in [2.75, 3.05) is 46.8 Å². The van der Waals surface area contributed by atoms with Crippen molar-refractivity contribution in [1.29, 1.82) is 0 Å². The van der Waals surface area contributed by atoms with E-state index in [2.05, 4.69) is 42.6 Å². The molecule has 3 nitrogen and oxygen atoms in total. The summed E-state index contributed by atoms with van der Waals surface area (Å²) < 4.78 is 0. The van der Waals surface area contributed by atoms with Gasteiger partial charge in [-0.3, -0.25) is 0 Å². The molecule has 3 unspecified atom stereocenters. The van der Waals surface area contributed by atoms with E-state index in [1.54, 1.807) is 0 Å². The zero-order valence-corrected chi connectivity index (χ0v) is 12.0. The van der Waals surface area contributed by atoms with Gasteiger partial charge in [0, 0.05) is 44.8 Å². The van der Waals surface area contributed by atoms with Gasteiger partial charge in [-0.2, -0.15) is 0 Å². The standard InChI is InChI=1S/C14H29N3/c1-12-5-6-14(13(2)16(12)4)11-17-9-7-15(3)8-10-17/h12-14H,5-11H2,1-4H3. The van der Waals surface area contributed by atoms with Gasteiger partial charge < -0.3 is 14.7 Å². The first-order chi connectivity index (χ1) is 8.08. The molecule has 2 saturated heterocycles. The average Bonchev–Trinajstić information content (AvgIpc) is 2.33. The molecule has 0 N–H and O–H groups in total. The first-order valence-corrected chi connectivity index (χ1v) is 7.20. The van der Waals surface area contributed by atoms with Crippen LogP contribution in [0.4, 0.5) is 0 Å². The normalized spacial score (nSPS) is 38.5. The summed E-state index contributed by atoms with van der Waals surface area (Å²) in [5.74, 6) is 0.875. The van der Waals surface area contributed by atoms with Crippen LogP contribution in [0.25, 0.3) is 0 Å². The fourth-order valence-electron chi connectivity index (χ4n) is 3.24. The molecule has 3 atom stereocenters. The monoisotopic (exact) mass is 239 g/mol. The number of hydrogen-bond acceptors (Lipinski definition) is 3. The van der Waals surface area contributed by atoms with Gasteiger partial charge in [-0.15, -0.1) is 0 Å². The van der Waals surface area contributed by atoms with E-state index in [4.69, 9.17) is 0 Å². The van der Waals surface area contributed by atoms with Crippen LogP contribution in [0, 0.1) is 5.92 Å². The Balaban J connectivity index is 1.82. The van der Waals surface area contributed by atoms with Crippen LogP contribution in [-0.2, 0) is 0 Å². The summed E-state index contributed by atoms with van der Waals surface area (Å²) >= 11 is 0. The SMILES string of the molecule is CC1CCC(CN2CCN(C)CC2)C(C)N1C. The van der Waals surface area contributed by atoms with Crippen molar-refractivity contribution in [1.82, 2.24) is 14.7 Å². The number of piperazine rings is 1. The minimum absolute atomic E-state index is 0.749. The van der Waals surface area contributed by atoms with Gasteiger partial charge in [0.25, 0.3) is 0 Å². The predicted molar refractivity (Wildman–Crippen MR) is 73.3 cm³/mol. The highest BCUT2D eigenvalue weighted by Crippen LogP contribution is 2.27. The van der Waals surface area contributed by atoms with Gasteiger partial charge in [-0.05, 0) is 46.7 Å². The highest BCUT2D eigenvalue weighted by Gasteiger charge is 2.31. The Kier molecular flexibility index (Phi) is 4.45. The highest BCUT2D eigenvalue weighted by atomic mass is 15.3. The zero-order chi connectivity index (χ0) is 12.4. The van der Waals surface area contributed by atoms with E-state index in [1.165, 1.54) is 45.6 Å². The first kappa shape index (κ1) is 13.3. The minimum Gasteiger partial charge on any atom is -0.304 e. The second-order valence-corrected chi connectivity index (χ2v) is 6.20. The van der Waals surface area contributed by atoms with E-state index in [-0.39, 0.29) is 0 Å². The van der Waals surface area contributed by atoms with E-state index < -0.39 is 0 Å². The van der Waals surface area contributed by atoms with Gasteiger partial charge >= 0.3 is 0 Å². The lowest BCUT2D eigenvalue weighted by Crippen LogP contribution is -2.52. The fourth-order valence-corrected chi connectivity index (χ4v) is 3.24. The van der Waals surface area contributed by atoms with Crippen LogP contribution >= 0.6 is 0 Å². The van der Waals surface area contributed by atoms with Crippen molar-refractivity contribution in [3.63, 3.8) is 0 Å². The average molecular weight is 239 g/mol. The quantitative estimate of drug-likeness (QED) is 0.720. The number of hydrogen-bond donors (Lipinski definition) is 0. The molecular formula is C14H29N3. The van der Waals surface area contributed by atoms with Crippen molar-refractivity contribution in [2.45, 2.75) is 38.8 Å². The van der Waals surface area contributed by atoms with Gasteiger partial charge in [0.05, 0.1) is 0 Å². The summed E-state index contributed by atoms with van der Waals surface area (Å²) in [6, 6.07) is 1.52. The number of piperidine rings is 1. The Hall–Kier alpha value is -0.120. The fraction of sp³-hybridized carbons (Fsp3) is 1.00. The third kappa shape index (κ3) is 3.21. The maximum Gasteiger partial charge on any atom is 0.0110 e. The summed E-state index contributed by atoms with van der Waals surface area (Å²) in [6.07, 6.45) is 2.79. The molecule has 100 valence electrons. The molecule has 0 aromatic rings. The lowest BCUT2D eigenvalue weighted by molar-refractivity contribution is 0.0487. The minimum atomic E-state index is 0.749. The van der Waals surface area contributed by atoms with Crippen LogP contribution < -0.4 is 0 Å². The van der Waals surface area contributed by atoms with E-state index in [0.29, 0.717) is 0 Å². The lowest BCUT2D eigenvalue weighted by atomic mass is 9.86. The maximum absolute atomic E-state index is 2.67. The Bertz CT molecular complexity index is 236. The van der Waals surface area contributed by atoms with E-state index in [1.807, 2.05) is 0 Å². The summed E-state index contributed by atoms with van der Waals surface area (Å²) in [4.78, 5) is 7.68. The maximum atomic E-state index is 2.67. The van der Waals surface area contributed by atoms with Crippen LogP contribution in [0.2, 0.25) is 0 Å². The molecule has 0 amide bonds. The van der Waals surface area contributed by atoms with E-state index in [0.717, 1.165) is 18.0 Å². The Labute approximate surface area is 107 Å². The van der Waals surface area contributed by atoms with Crippen LogP contribution in [0.5, 0.6) is 0 Å². The number of rotatable bonds is 2. The summed E-state index contributed by atoms with van der Waals surface area (Å²) in [5, 5.41) is 0. The summed E-state index contributed by atoms with van der Waals surface area (Å²) in [7, 11) is 4.53. The summed E-state index contributed by atoms with van der Waals surface area (Å²) in [5.41, 5.74) is 0. The molecule has 0 saturated carbocycles. The Morgan fingerprint density at radius 3 is 2.24 bits per heavy atom. The van der Waals surface area contributed by atoms with Gasteiger partial charge in [0.1, 0.15) is 0 Å². The topological polar surface area (TPSA) is 9.72 Å². The van der Waals surface area contributed by atoms with Gasteiger partial charge in [0.15, 0.2) is 0 Å². The molecule has 2 fully saturated rings. The van der Waals surface area contributed by atoms with Crippen LogP contribution in [0.3, 0.4) is 0 Å². The van der Waals surface area contributed by atoms with Crippen molar-refractivity contribution >= 4 is 0 Å². The molecule has 2 aliphatic rings. The Morgan fingerprint density at radius 1 is 0.941 bits per heavy atom. The Morgan fingerprint density at radius 2 is 1.59 bits per heavy atom. The molecule has 2 aliphatic heterocycles. The smallest absolute Gasteiger partial charge is 0.0110 e. The van der Waals surface area contributed by atoms with Gasteiger partial charge in [0.2, 0.25) is 0 Å². The molecule has 17 heavy (non-hydrogen) atoms. The zero-order valence-electron chi connectivity index (χ0n) is 12.0. The largest absolute Gasteiger partial charge is 0.304 e. The van der Waals surface area contributed by atoms with E-state index >= 15 is 0 Å². The predicted octanol–water partition coefficient (Wildman–Crippen LogP) is 1.35. The first-order valence-electron chi connectivity index (χ1n) is 7.20. The molecule has 0 aromatic carbocycles. The van der Waals surface area contributed by atoms with E-state index in [9.17, 15) is 0 Å². The molecule has 0 spiro atoms. The number of nitrogens with zero attached hydrogens (tertiary/aromatic N) is 3. The van der Waals surface area contributed by atoms with Gasteiger partial charge in [-0.1, -0.05) is 0 Å². The third-order valence-corrected chi connectivity index (χ3v) is 5.06. The molecule has 0 aliphatic carbocycles. The lowest BCUT2D eigenvalue weighted by Gasteiger charge is -2.44. The highest BCUT2D eigenvalue weighted by molar-refractivity contribution is 4.86. The third-order valence-electron chi connectivity index (χ3n) is 5.06. The van der Waals surface area contributed by atoms with Crippen molar-refractivity contribution in [3.8, 4) is 0 Å². The van der Waals surface area contributed by atoms with Crippen LogP contribution in [-0.4, -0.2) is 73.6 Å². The molecular weight excluding hydrogens is 210 g/mol. The molecule has 3 heteroatoms. The van der Waals surface area contributed by atoms with Gasteiger partial charge in [-0.25, -0.2) is 0 Å².